The summed E-state index contributed by atoms with van der Waals surface area (Å²) in [5.74, 6) is -0.512. The quantitative estimate of drug-likeness (QED) is 0.847. The Morgan fingerprint density at radius 2 is 2.35 bits per heavy atom. The van der Waals surface area contributed by atoms with Crippen molar-refractivity contribution >= 4 is 11.8 Å². The Balaban J connectivity index is 1.89. The molecule has 0 saturated carbocycles. The van der Waals surface area contributed by atoms with Gasteiger partial charge in [0.25, 0.3) is 0 Å². The molecule has 1 aromatic heterocycles. The molecule has 0 bridgehead atoms. The monoisotopic (exact) mass is 278 g/mol. The fraction of sp³-hybridized carbons (Fsp3) is 0.250. The van der Waals surface area contributed by atoms with Crippen LogP contribution in [0.15, 0.2) is 30.6 Å². The lowest BCUT2D eigenvalue weighted by Crippen LogP contribution is -2.25. The molecule has 3 rings (SSSR count). The molecular weight excluding hydrogens is 267 g/mol. The van der Waals surface area contributed by atoms with Gasteiger partial charge in [-0.2, -0.15) is 0 Å². The van der Waals surface area contributed by atoms with Gasteiger partial charge in [-0.25, -0.2) is 13.9 Å². The van der Waals surface area contributed by atoms with Crippen LogP contribution < -0.4 is 4.90 Å². The first-order valence-corrected chi connectivity index (χ1v) is 5.86. The number of ether oxygens (including phenoxy) is 2. The molecule has 1 fully saturated rings. The Morgan fingerprint density at radius 1 is 1.50 bits per heavy atom. The number of benzene rings is 1. The van der Waals surface area contributed by atoms with E-state index in [4.69, 9.17) is 9.47 Å². The average Bonchev–Trinajstić information content (AvgIpc) is 3.07. The van der Waals surface area contributed by atoms with Crippen LogP contribution in [0.5, 0.6) is 0 Å². The highest BCUT2D eigenvalue weighted by molar-refractivity contribution is 5.89. The molecule has 7 nitrogen and oxygen atoms in total. The number of amides is 1. The Bertz CT molecular complexity index is 632. The van der Waals surface area contributed by atoms with E-state index in [1.165, 1.54) is 41.2 Å². The number of rotatable bonds is 3. The molecule has 1 aliphatic rings. The van der Waals surface area contributed by atoms with E-state index in [-0.39, 0.29) is 12.2 Å². The minimum Gasteiger partial charge on any atom is -0.417 e. The van der Waals surface area contributed by atoms with E-state index in [0.717, 1.165) is 0 Å². The molecule has 0 spiro atoms. The van der Waals surface area contributed by atoms with Crippen molar-refractivity contribution in [1.82, 2.24) is 15.0 Å². The summed E-state index contributed by atoms with van der Waals surface area (Å²) in [6, 6.07) is 4.38. The minimum atomic E-state index is -0.638. The summed E-state index contributed by atoms with van der Waals surface area (Å²) in [6.07, 6.45) is 1.78. The standard InChI is InChI=1S/C12H11FN4O3/c1-19-11-7-16(12(18)20-11)8-2-3-10(9(13)6-8)17-5-4-14-15-17/h2-6,11H,7H2,1H3. The van der Waals surface area contributed by atoms with Crippen molar-refractivity contribution in [3.63, 3.8) is 0 Å². The van der Waals surface area contributed by atoms with Crippen LogP contribution in [0, 0.1) is 5.82 Å². The van der Waals surface area contributed by atoms with Gasteiger partial charge >= 0.3 is 6.09 Å². The largest absolute Gasteiger partial charge is 0.417 e. The van der Waals surface area contributed by atoms with Crippen LogP contribution in [0.1, 0.15) is 0 Å². The number of methoxy groups -OCH3 is 1. The number of halogens is 1. The molecule has 2 heterocycles. The lowest BCUT2D eigenvalue weighted by Gasteiger charge is -2.13. The van der Waals surface area contributed by atoms with Crippen LogP contribution in [0.3, 0.4) is 0 Å². The minimum absolute atomic E-state index is 0.220. The van der Waals surface area contributed by atoms with Crippen LogP contribution >= 0.6 is 0 Å². The van der Waals surface area contributed by atoms with Crippen molar-refractivity contribution in [2.24, 2.45) is 0 Å². The van der Waals surface area contributed by atoms with Gasteiger partial charge in [0, 0.05) is 7.11 Å². The molecule has 1 aliphatic heterocycles. The number of hydrogen-bond donors (Lipinski definition) is 0. The fourth-order valence-electron chi connectivity index (χ4n) is 1.96. The number of nitrogens with zero attached hydrogens (tertiary/aromatic N) is 4. The molecule has 8 heteroatoms. The van der Waals surface area contributed by atoms with Gasteiger partial charge in [-0.05, 0) is 18.2 Å². The molecule has 1 unspecified atom stereocenters. The van der Waals surface area contributed by atoms with Gasteiger partial charge in [-0.15, -0.1) is 5.10 Å². The van der Waals surface area contributed by atoms with E-state index in [1.807, 2.05) is 0 Å². The first kappa shape index (κ1) is 12.5. The van der Waals surface area contributed by atoms with Crippen molar-refractivity contribution in [3.05, 3.63) is 36.4 Å². The SMILES string of the molecule is COC1CN(c2ccc(-n3ccnn3)c(F)c2)C(=O)O1. The molecule has 2 aromatic rings. The van der Waals surface area contributed by atoms with Crippen LogP contribution in [0.25, 0.3) is 5.69 Å². The summed E-state index contributed by atoms with van der Waals surface area (Å²) in [7, 11) is 1.44. The lowest BCUT2D eigenvalue weighted by molar-refractivity contribution is -0.0488. The van der Waals surface area contributed by atoms with Gasteiger partial charge in [0.2, 0.25) is 6.29 Å². The highest BCUT2D eigenvalue weighted by atomic mass is 19.1. The Labute approximate surface area is 113 Å². The van der Waals surface area contributed by atoms with Crippen LogP contribution in [-0.2, 0) is 9.47 Å². The summed E-state index contributed by atoms with van der Waals surface area (Å²) in [5, 5.41) is 7.33. The average molecular weight is 278 g/mol. The summed E-state index contributed by atoms with van der Waals surface area (Å²) in [6.45, 7) is 0.220. The van der Waals surface area contributed by atoms with E-state index in [9.17, 15) is 9.18 Å². The normalized spacial score (nSPS) is 18.4. The Morgan fingerprint density at radius 3 is 2.95 bits per heavy atom. The van der Waals surface area contributed by atoms with Crippen LogP contribution in [-0.4, -0.2) is 41.0 Å². The van der Waals surface area contributed by atoms with E-state index < -0.39 is 18.2 Å². The zero-order valence-electron chi connectivity index (χ0n) is 10.6. The van der Waals surface area contributed by atoms with Crippen LogP contribution in [0.4, 0.5) is 14.9 Å². The Kier molecular flexibility index (Phi) is 3.07. The maximum atomic E-state index is 14.1. The molecule has 1 atom stereocenters. The summed E-state index contributed by atoms with van der Waals surface area (Å²) >= 11 is 0. The molecule has 1 amide bonds. The molecular formula is C12H11FN4O3. The fourth-order valence-corrected chi connectivity index (χ4v) is 1.96. The molecule has 0 aliphatic carbocycles. The van der Waals surface area contributed by atoms with Gasteiger partial charge in [0.05, 0.1) is 24.6 Å². The van der Waals surface area contributed by atoms with Gasteiger partial charge < -0.3 is 9.47 Å². The second-order valence-corrected chi connectivity index (χ2v) is 4.14. The predicted octanol–water partition coefficient (Wildman–Crippen LogP) is 1.34. The highest BCUT2D eigenvalue weighted by Gasteiger charge is 2.32. The van der Waals surface area contributed by atoms with Gasteiger partial charge in [0.1, 0.15) is 5.69 Å². The molecule has 0 radical (unpaired) electrons. The third-order valence-corrected chi connectivity index (χ3v) is 2.96. The first-order chi connectivity index (χ1) is 9.69. The number of carbonyl (C=O) groups is 1. The number of cyclic esters (lactones) is 1. The van der Waals surface area contributed by atoms with Gasteiger partial charge in [-0.3, -0.25) is 4.90 Å². The highest BCUT2D eigenvalue weighted by Crippen LogP contribution is 2.25. The number of carbonyl (C=O) groups excluding carboxylic acids is 1. The summed E-state index contributed by atoms with van der Waals surface area (Å²) in [5.41, 5.74) is 0.651. The third-order valence-electron chi connectivity index (χ3n) is 2.96. The smallest absolute Gasteiger partial charge is 0.416 e. The maximum Gasteiger partial charge on any atom is 0.416 e. The second-order valence-electron chi connectivity index (χ2n) is 4.14. The summed E-state index contributed by atoms with van der Waals surface area (Å²) < 4.78 is 25.3. The second kappa shape index (κ2) is 4.89. The van der Waals surface area contributed by atoms with E-state index in [1.54, 1.807) is 6.07 Å². The Hall–Kier alpha value is -2.48. The van der Waals surface area contributed by atoms with Gasteiger partial charge in [0.15, 0.2) is 5.82 Å². The number of aromatic nitrogens is 3. The molecule has 0 N–H and O–H groups in total. The summed E-state index contributed by atoms with van der Waals surface area (Å²) in [4.78, 5) is 13.0. The van der Waals surface area contributed by atoms with E-state index in [2.05, 4.69) is 10.3 Å². The van der Waals surface area contributed by atoms with Crippen molar-refractivity contribution in [2.75, 3.05) is 18.6 Å². The van der Waals surface area contributed by atoms with Crippen molar-refractivity contribution in [3.8, 4) is 5.69 Å². The number of hydrogen-bond acceptors (Lipinski definition) is 5. The maximum absolute atomic E-state index is 14.1. The van der Waals surface area contributed by atoms with E-state index in [0.29, 0.717) is 5.69 Å². The van der Waals surface area contributed by atoms with Crippen molar-refractivity contribution in [1.29, 1.82) is 0 Å². The number of anilines is 1. The predicted molar refractivity (Wildman–Crippen MR) is 65.9 cm³/mol. The van der Waals surface area contributed by atoms with Crippen molar-refractivity contribution < 1.29 is 18.7 Å². The first-order valence-electron chi connectivity index (χ1n) is 5.86. The van der Waals surface area contributed by atoms with Crippen LogP contribution in [0.2, 0.25) is 0 Å². The zero-order chi connectivity index (χ0) is 14.1. The van der Waals surface area contributed by atoms with Gasteiger partial charge in [-0.1, -0.05) is 5.21 Å². The van der Waals surface area contributed by atoms with E-state index >= 15 is 0 Å². The topological polar surface area (TPSA) is 69.5 Å². The molecule has 20 heavy (non-hydrogen) atoms. The lowest BCUT2D eigenvalue weighted by atomic mass is 10.2. The zero-order valence-corrected chi connectivity index (χ0v) is 10.6. The molecule has 1 aromatic carbocycles. The third kappa shape index (κ3) is 2.10. The van der Waals surface area contributed by atoms with Crippen molar-refractivity contribution in [2.45, 2.75) is 6.29 Å². The molecule has 104 valence electrons. The molecule has 1 saturated heterocycles.